The number of rotatable bonds is 4. The molecule has 0 fully saturated rings. The molecule has 0 aliphatic rings. The Morgan fingerprint density at radius 2 is 1.47 bits per heavy atom. The molecule has 0 aromatic heterocycles. The number of carbonyl (C=O) groups excluding carboxylic acids is 1. The van der Waals surface area contributed by atoms with Crippen molar-refractivity contribution in [1.82, 2.24) is 5.32 Å². The normalized spacial score (nSPS) is 14.0. The fourth-order valence-electron chi connectivity index (χ4n) is 0.677. The van der Waals surface area contributed by atoms with Crippen LogP contribution in [0.5, 0.6) is 0 Å². The van der Waals surface area contributed by atoms with Gasteiger partial charge in [0.2, 0.25) is 0 Å². The van der Waals surface area contributed by atoms with E-state index in [1.165, 1.54) is 13.8 Å². The second-order valence-electron chi connectivity index (χ2n) is 3.69. The summed E-state index contributed by atoms with van der Waals surface area (Å²) in [5.74, 6) is -15.5. The van der Waals surface area contributed by atoms with Crippen LogP contribution in [0, 0.1) is 5.92 Å². The van der Waals surface area contributed by atoms with Gasteiger partial charge in [-0.3, -0.25) is 4.79 Å². The zero-order valence-corrected chi connectivity index (χ0v) is 8.79. The smallest absolute Gasteiger partial charge is 0.266 e. The van der Waals surface area contributed by atoms with Crippen LogP contribution in [-0.4, -0.2) is 30.5 Å². The van der Waals surface area contributed by atoms with Crippen molar-refractivity contribution >= 4 is 5.91 Å². The van der Waals surface area contributed by atoms with Crippen molar-refractivity contribution in [2.45, 2.75) is 31.9 Å². The molecule has 1 amide bonds. The van der Waals surface area contributed by atoms with Crippen LogP contribution in [0.4, 0.5) is 30.7 Å². The highest BCUT2D eigenvalue weighted by Crippen LogP contribution is 2.46. The van der Waals surface area contributed by atoms with Crippen LogP contribution < -0.4 is 5.32 Å². The van der Waals surface area contributed by atoms with Crippen molar-refractivity contribution < 1.29 is 35.5 Å². The maximum atomic E-state index is 12.6. The van der Waals surface area contributed by atoms with Crippen LogP contribution in [0.3, 0.4) is 0 Å². The number of nitrogens with zero attached hydrogens (tertiary/aromatic N) is 1. The van der Waals surface area contributed by atoms with E-state index in [1.807, 2.05) is 0 Å². The molecule has 0 heterocycles. The second-order valence-corrected chi connectivity index (χ2v) is 3.69. The zero-order chi connectivity index (χ0) is 14.1. The van der Waals surface area contributed by atoms with Gasteiger partial charge in [-0.25, -0.2) is 5.32 Å². The van der Waals surface area contributed by atoms with E-state index in [9.17, 15) is 35.5 Å². The number of halogens is 7. The summed E-state index contributed by atoms with van der Waals surface area (Å²) in [5.41, 5.74) is 0. The van der Waals surface area contributed by atoms with Crippen molar-refractivity contribution in [3.05, 3.63) is 0 Å². The summed E-state index contributed by atoms with van der Waals surface area (Å²) in [7, 11) is 0. The van der Waals surface area contributed by atoms with Gasteiger partial charge in [0, 0.05) is 6.54 Å². The summed E-state index contributed by atoms with van der Waals surface area (Å²) in [6.07, 6.45) is -6.51. The van der Waals surface area contributed by atoms with Gasteiger partial charge >= 0.3 is 23.9 Å². The highest BCUT2D eigenvalue weighted by atomic mass is 19.4. The van der Waals surface area contributed by atoms with E-state index in [0.717, 1.165) is 0 Å². The lowest BCUT2D eigenvalue weighted by Gasteiger charge is -2.26. The molecule has 101 valence electrons. The van der Waals surface area contributed by atoms with Crippen molar-refractivity contribution in [1.29, 1.82) is 0 Å². The van der Waals surface area contributed by atoms with E-state index < -0.39 is 36.4 Å². The van der Waals surface area contributed by atoms with Gasteiger partial charge in [-0.1, -0.05) is 13.8 Å². The van der Waals surface area contributed by atoms with Gasteiger partial charge in [0.05, 0.1) is 0 Å². The fourth-order valence-corrected chi connectivity index (χ4v) is 0.677. The molecule has 0 saturated heterocycles. The Labute approximate surface area is 92.2 Å². The predicted molar refractivity (Wildman–Crippen MR) is 42.8 cm³/mol. The van der Waals surface area contributed by atoms with Crippen LogP contribution in [-0.2, 0) is 4.79 Å². The van der Waals surface area contributed by atoms with Gasteiger partial charge in [0.15, 0.2) is 0 Å². The number of carbonyl (C=O) groups is 1. The van der Waals surface area contributed by atoms with Crippen LogP contribution >= 0.6 is 0 Å². The van der Waals surface area contributed by atoms with Crippen LogP contribution in [0.25, 0.3) is 0 Å². The minimum absolute atomic E-state index is 0.422. The Bertz CT molecular complexity index is 284. The summed E-state index contributed by atoms with van der Waals surface area (Å²) in [4.78, 5) is 10.6. The number of hydrogen-bond donors (Lipinski definition) is 0. The Balaban J connectivity index is 4.94. The first kappa shape index (κ1) is 16.0. The predicted octanol–water partition coefficient (Wildman–Crippen LogP) is 2.61. The first-order valence-electron chi connectivity index (χ1n) is 4.38. The lowest BCUT2D eigenvalue weighted by molar-refractivity contribution is -0.344. The Morgan fingerprint density at radius 1 is 1.06 bits per heavy atom. The lowest BCUT2D eigenvalue weighted by atomic mass is 10.1. The molecule has 9 heteroatoms. The second kappa shape index (κ2) is 4.69. The van der Waals surface area contributed by atoms with Crippen LogP contribution in [0.1, 0.15) is 13.8 Å². The maximum Gasteiger partial charge on any atom is 0.460 e. The van der Waals surface area contributed by atoms with E-state index in [1.54, 1.807) is 0 Å². The van der Waals surface area contributed by atoms with Crippen LogP contribution in [0.15, 0.2) is 0 Å². The summed E-state index contributed by atoms with van der Waals surface area (Å²) in [6.45, 7) is 2.30. The first-order chi connectivity index (χ1) is 7.34. The Kier molecular flexibility index (Phi) is 4.41. The third kappa shape index (κ3) is 3.22. The maximum absolute atomic E-state index is 12.6. The molecular formula is C8H9F7NO. The van der Waals surface area contributed by atoms with E-state index in [0.29, 0.717) is 0 Å². The Hall–Kier alpha value is -1.02. The fraction of sp³-hybridized carbons (Fsp3) is 0.875. The van der Waals surface area contributed by atoms with Gasteiger partial charge in [-0.2, -0.15) is 30.7 Å². The largest absolute Gasteiger partial charge is 0.460 e. The summed E-state index contributed by atoms with van der Waals surface area (Å²) in [5, 5.41) is 2.51. The number of hydrogen-bond acceptors (Lipinski definition) is 1. The minimum Gasteiger partial charge on any atom is -0.266 e. The van der Waals surface area contributed by atoms with Gasteiger partial charge in [0.25, 0.3) is 0 Å². The molecule has 0 bridgehead atoms. The number of amides is 1. The molecule has 0 aliphatic heterocycles. The van der Waals surface area contributed by atoms with E-state index in [4.69, 9.17) is 0 Å². The molecule has 0 aliphatic carbocycles. The zero-order valence-electron chi connectivity index (χ0n) is 8.79. The molecule has 0 spiro atoms. The average molecular weight is 268 g/mol. The monoisotopic (exact) mass is 268 g/mol. The third-order valence-electron chi connectivity index (χ3n) is 1.62. The van der Waals surface area contributed by atoms with Crippen molar-refractivity contribution in [3.8, 4) is 0 Å². The summed E-state index contributed by atoms with van der Waals surface area (Å²) < 4.78 is 84.9. The van der Waals surface area contributed by atoms with Gasteiger partial charge in [-0.05, 0) is 5.92 Å². The molecule has 0 rings (SSSR count). The van der Waals surface area contributed by atoms with Crippen molar-refractivity contribution in [3.63, 3.8) is 0 Å². The lowest BCUT2D eigenvalue weighted by Crippen LogP contribution is -2.58. The average Bonchev–Trinajstić information content (AvgIpc) is 2.11. The Morgan fingerprint density at radius 3 is 1.76 bits per heavy atom. The summed E-state index contributed by atoms with van der Waals surface area (Å²) in [6, 6.07) is 0. The topological polar surface area (TPSA) is 31.2 Å². The molecular weight excluding hydrogens is 259 g/mol. The van der Waals surface area contributed by atoms with Gasteiger partial charge < -0.3 is 0 Å². The highest BCUT2D eigenvalue weighted by Gasteiger charge is 2.76. The molecule has 0 aromatic carbocycles. The highest BCUT2D eigenvalue weighted by molar-refractivity contribution is 5.84. The number of alkyl halides is 7. The molecule has 17 heavy (non-hydrogen) atoms. The molecule has 0 N–H and O–H groups in total. The van der Waals surface area contributed by atoms with E-state index in [-0.39, 0.29) is 0 Å². The molecule has 0 saturated carbocycles. The molecule has 0 atom stereocenters. The SMILES string of the molecule is CC(C)C[N]C(=O)C(F)(F)C(F)(F)C(F)(F)F. The molecule has 0 unspecified atom stereocenters. The molecule has 0 aromatic rings. The van der Waals surface area contributed by atoms with Crippen molar-refractivity contribution in [2.24, 2.45) is 5.92 Å². The first-order valence-corrected chi connectivity index (χ1v) is 4.38. The quantitative estimate of drug-likeness (QED) is 0.721. The van der Waals surface area contributed by atoms with Gasteiger partial charge in [0.1, 0.15) is 0 Å². The third-order valence-corrected chi connectivity index (χ3v) is 1.62. The van der Waals surface area contributed by atoms with Crippen molar-refractivity contribution in [2.75, 3.05) is 6.54 Å². The van der Waals surface area contributed by atoms with Crippen LogP contribution in [0.2, 0.25) is 0 Å². The molecule has 1 radical (unpaired) electrons. The van der Waals surface area contributed by atoms with E-state index >= 15 is 0 Å². The standard InChI is InChI=1S/C8H9F7NO/c1-4(2)3-16-5(17)6(9,10)7(11,12)8(13,14)15/h4H,3H2,1-2H3. The minimum atomic E-state index is -6.51. The molecule has 2 nitrogen and oxygen atoms in total. The van der Waals surface area contributed by atoms with E-state index in [2.05, 4.69) is 5.32 Å². The van der Waals surface area contributed by atoms with Gasteiger partial charge in [-0.15, -0.1) is 0 Å². The summed E-state index contributed by atoms with van der Waals surface area (Å²) >= 11 is 0.